The molecule has 5 heteroatoms. The van der Waals surface area contributed by atoms with Crippen LogP contribution in [0, 0.1) is 0 Å². The second kappa shape index (κ2) is 2.86. The first-order chi connectivity index (χ1) is 4.79. The van der Waals surface area contributed by atoms with Crippen LogP contribution in [0.4, 0.5) is 4.79 Å². The second-order valence-electron chi connectivity index (χ2n) is 1.62. The van der Waals surface area contributed by atoms with Crippen molar-refractivity contribution < 1.29 is 14.6 Å². The van der Waals surface area contributed by atoms with Gasteiger partial charge in [-0.15, -0.1) is 0 Å². The van der Waals surface area contributed by atoms with Crippen LogP contribution in [0.3, 0.4) is 0 Å². The SMILES string of the molecule is O=C(O)OCn1ccnc1. The van der Waals surface area contributed by atoms with Crippen molar-refractivity contribution in [1.29, 1.82) is 0 Å². The summed E-state index contributed by atoms with van der Waals surface area (Å²) in [5.41, 5.74) is 0. The second-order valence-corrected chi connectivity index (χ2v) is 1.62. The highest BCUT2D eigenvalue weighted by Gasteiger charge is 1.94. The molecule has 0 aliphatic heterocycles. The van der Waals surface area contributed by atoms with Gasteiger partial charge < -0.3 is 14.4 Å². The molecule has 0 bridgehead atoms. The maximum absolute atomic E-state index is 9.84. The van der Waals surface area contributed by atoms with Gasteiger partial charge in [0.25, 0.3) is 0 Å². The third kappa shape index (κ3) is 1.77. The molecule has 0 atom stereocenters. The molecule has 5 nitrogen and oxygen atoms in total. The average molecular weight is 142 g/mol. The largest absolute Gasteiger partial charge is 0.507 e. The number of carboxylic acid groups (broad SMARTS) is 1. The van der Waals surface area contributed by atoms with Gasteiger partial charge in [0, 0.05) is 12.4 Å². The fourth-order valence-electron chi connectivity index (χ4n) is 0.493. The van der Waals surface area contributed by atoms with E-state index < -0.39 is 6.16 Å². The lowest BCUT2D eigenvalue weighted by atomic mass is 10.9. The Balaban J connectivity index is 2.35. The number of hydrogen-bond donors (Lipinski definition) is 1. The Morgan fingerprint density at radius 2 is 2.60 bits per heavy atom. The van der Waals surface area contributed by atoms with Gasteiger partial charge in [0.2, 0.25) is 0 Å². The molecule has 0 aliphatic carbocycles. The summed E-state index contributed by atoms with van der Waals surface area (Å²) in [6.07, 6.45) is 3.35. The van der Waals surface area contributed by atoms with Crippen LogP contribution in [0.5, 0.6) is 0 Å². The summed E-state index contributed by atoms with van der Waals surface area (Å²) in [7, 11) is 0. The van der Waals surface area contributed by atoms with Crippen LogP contribution >= 0.6 is 0 Å². The smallest absolute Gasteiger partial charge is 0.450 e. The molecule has 0 aromatic carbocycles. The van der Waals surface area contributed by atoms with E-state index in [0.29, 0.717) is 0 Å². The number of carbonyl (C=O) groups is 1. The van der Waals surface area contributed by atoms with Gasteiger partial charge in [-0.05, 0) is 0 Å². The number of imidazole rings is 1. The first-order valence-electron chi connectivity index (χ1n) is 2.60. The highest BCUT2D eigenvalue weighted by molar-refractivity contribution is 5.56. The van der Waals surface area contributed by atoms with Crippen LogP contribution in [0.15, 0.2) is 18.7 Å². The van der Waals surface area contributed by atoms with Crippen molar-refractivity contribution in [3.05, 3.63) is 18.7 Å². The Labute approximate surface area is 56.9 Å². The predicted octanol–water partition coefficient (Wildman–Crippen LogP) is 0.535. The van der Waals surface area contributed by atoms with Crippen molar-refractivity contribution in [1.82, 2.24) is 9.55 Å². The molecule has 0 spiro atoms. The molecule has 1 N–H and O–H groups in total. The maximum atomic E-state index is 9.84. The minimum absolute atomic E-state index is 0.00463. The lowest BCUT2D eigenvalue weighted by molar-refractivity contribution is 0.0648. The van der Waals surface area contributed by atoms with E-state index in [1.165, 1.54) is 10.9 Å². The van der Waals surface area contributed by atoms with E-state index >= 15 is 0 Å². The van der Waals surface area contributed by atoms with E-state index in [2.05, 4.69) is 9.72 Å². The Morgan fingerprint density at radius 1 is 1.80 bits per heavy atom. The molecular formula is C5H6N2O3. The number of ether oxygens (including phenoxy) is 1. The van der Waals surface area contributed by atoms with Crippen molar-refractivity contribution in [2.24, 2.45) is 0 Å². The molecule has 10 heavy (non-hydrogen) atoms. The van der Waals surface area contributed by atoms with Crippen molar-refractivity contribution >= 4 is 6.16 Å². The van der Waals surface area contributed by atoms with Gasteiger partial charge >= 0.3 is 6.16 Å². The zero-order valence-corrected chi connectivity index (χ0v) is 5.10. The molecule has 0 saturated heterocycles. The molecule has 1 aromatic rings. The maximum Gasteiger partial charge on any atom is 0.507 e. The lowest BCUT2D eigenvalue weighted by Crippen LogP contribution is -2.04. The van der Waals surface area contributed by atoms with Crippen molar-refractivity contribution in [3.8, 4) is 0 Å². The summed E-state index contributed by atoms with van der Waals surface area (Å²) < 4.78 is 5.73. The molecule has 1 rings (SSSR count). The highest BCUT2D eigenvalue weighted by Crippen LogP contribution is 1.86. The zero-order chi connectivity index (χ0) is 7.40. The molecule has 0 saturated carbocycles. The minimum atomic E-state index is -1.28. The number of aromatic nitrogens is 2. The molecule has 0 amide bonds. The number of hydrogen-bond acceptors (Lipinski definition) is 3. The molecule has 1 heterocycles. The van der Waals surface area contributed by atoms with Crippen molar-refractivity contribution in [3.63, 3.8) is 0 Å². The summed E-state index contributed by atoms with van der Waals surface area (Å²) in [5, 5.41) is 8.06. The number of nitrogens with zero attached hydrogens (tertiary/aromatic N) is 2. The Morgan fingerprint density at radius 3 is 3.10 bits per heavy atom. The van der Waals surface area contributed by atoms with Crippen molar-refractivity contribution in [2.75, 3.05) is 0 Å². The third-order valence-electron chi connectivity index (χ3n) is 0.896. The van der Waals surface area contributed by atoms with Crippen molar-refractivity contribution in [2.45, 2.75) is 6.73 Å². The van der Waals surface area contributed by atoms with Crippen LogP contribution < -0.4 is 0 Å². The summed E-state index contributed by atoms with van der Waals surface area (Å²) >= 11 is 0. The monoisotopic (exact) mass is 142 g/mol. The quantitative estimate of drug-likeness (QED) is 0.612. The van der Waals surface area contributed by atoms with Gasteiger partial charge in [-0.1, -0.05) is 0 Å². The van der Waals surface area contributed by atoms with E-state index in [0.717, 1.165) is 0 Å². The molecule has 0 aliphatic rings. The zero-order valence-electron chi connectivity index (χ0n) is 5.10. The molecule has 54 valence electrons. The fourth-order valence-corrected chi connectivity index (χ4v) is 0.493. The summed E-state index contributed by atoms with van der Waals surface area (Å²) in [6, 6.07) is 0. The van der Waals surface area contributed by atoms with Gasteiger partial charge in [-0.2, -0.15) is 0 Å². The minimum Gasteiger partial charge on any atom is -0.450 e. The lowest BCUT2D eigenvalue weighted by Gasteiger charge is -1.98. The van der Waals surface area contributed by atoms with E-state index in [1.807, 2.05) is 0 Å². The Bertz CT molecular complexity index is 207. The molecule has 0 unspecified atom stereocenters. The first kappa shape index (κ1) is 6.60. The van der Waals surface area contributed by atoms with E-state index in [-0.39, 0.29) is 6.73 Å². The molecule has 0 radical (unpaired) electrons. The van der Waals surface area contributed by atoms with Crippen LogP contribution in [0.25, 0.3) is 0 Å². The molecular weight excluding hydrogens is 136 g/mol. The molecule has 1 aromatic heterocycles. The average Bonchev–Trinajstić information content (AvgIpc) is 2.34. The third-order valence-corrected chi connectivity index (χ3v) is 0.896. The first-order valence-corrected chi connectivity index (χ1v) is 2.60. The Kier molecular flexibility index (Phi) is 1.89. The van der Waals surface area contributed by atoms with Gasteiger partial charge in [-0.3, -0.25) is 0 Å². The molecule has 0 fully saturated rings. The van der Waals surface area contributed by atoms with Gasteiger partial charge in [-0.25, -0.2) is 9.78 Å². The summed E-state index contributed by atoms with van der Waals surface area (Å²) in [4.78, 5) is 13.5. The summed E-state index contributed by atoms with van der Waals surface area (Å²) in [6.45, 7) is -0.00463. The van der Waals surface area contributed by atoms with Crippen LogP contribution in [-0.4, -0.2) is 20.8 Å². The fraction of sp³-hybridized carbons (Fsp3) is 0.200. The highest BCUT2D eigenvalue weighted by atomic mass is 16.7. The topological polar surface area (TPSA) is 64.3 Å². The standard InChI is InChI=1S/C5H6N2O3/c8-5(9)10-4-7-2-1-6-3-7/h1-3H,4H2,(H,8,9). The predicted molar refractivity (Wildman–Crippen MR) is 31.3 cm³/mol. The van der Waals surface area contributed by atoms with Crippen LogP contribution in [0.1, 0.15) is 0 Å². The van der Waals surface area contributed by atoms with Crippen LogP contribution in [0.2, 0.25) is 0 Å². The Hall–Kier alpha value is -1.52. The van der Waals surface area contributed by atoms with Gasteiger partial charge in [0.15, 0.2) is 6.73 Å². The van der Waals surface area contributed by atoms with E-state index in [9.17, 15) is 4.79 Å². The number of rotatable bonds is 2. The summed E-state index contributed by atoms with van der Waals surface area (Å²) in [5.74, 6) is 0. The van der Waals surface area contributed by atoms with E-state index in [4.69, 9.17) is 5.11 Å². The van der Waals surface area contributed by atoms with Gasteiger partial charge in [0.1, 0.15) is 0 Å². The van der Waals surface area contributed by atoms with E-state index in [1.54, 1.807) is 12.4 Å². The van der Waals surface area contributed by atoms with Crippen LogP contribution in [-0.2, 0) is 11.5 Å². The van der Waals surface area contributed by atoms with Gasteiger partial charge in [0.05, 0.1) is 6.33 Å². The normalized spacial score (nSPS) is 9.20.